The number of nitro benzene ring substituents is 1. The van der Waals surface area contributed by atoms with Gasteiger partial charge in [-0.2, -0.15) is 0 Å². The maximum Gasteiger partial charge on any atom is 0.282 e. The second-order valence-electron chi connectivity index (χ2n) is 4.27. The molecule has 18 heavy (non-hydrogen) atoms. The van der Waals surface area contributed by atoms with E-state index in [1.807, 2.05) is 0 Å². The average molecular weight is 252 g/mol. The number of nitrogens with zero attached hydrogens (tertiary/aromatic N) is 2. The van der Waals surface area contributed by atoms with Crippen LogP contribution in [0.2, 0.25) is 0 Å². The number of benzene rings is 1. The van der Waals surface area contributed by atoms with Crippen molar-refractivity contribution in [2.75, 3.05) is 13.1 Å². The lowest BCUT2D eigenvalue weighted by Crippen LogP contribution is -2.36. The van der Waals surface area contributed by atoms with Crippen LogP contribution >= 0.6 is 0 Å². The Morgan fingerprint density at radius 1 is 1.28 bits per heavy atom. The van der Waals surface area contributed by atoms with Crippen LogP contribution in [0.4, 0.5) is 10.1 Å². The first kappa shape index (κ1) is 12.5. The van der Waals surface area contributed by atoms with Gasteiger partial charge in [0, 0.05) is 19.2 Å². The third-order valence-corrected chi connectivity index (χ3v) is 3.03. The fourth-order valence-corrected chi connectivity index (χ4v) is 2.11. The van der Waals surface area contributed by atoms with Crippen LogP contribution in [-0.4, -0.2) is 28.8 Å². The number of piperidine rings is 1. The third kappa shape index (κ3) is 2.47. The molecule has 96 valence electrons. The van der Waals surface area contributed by atoms with Gasteiger partial charge < -0.3 is 4.90 Å². The van der Waals surface area contributed by atoms with E-state index in [0.717, 1.165) is 37.5 Å². The number of likely N-dealkylation sites (tertiary alicyclic amines) is 1. The second kappa shape index (κ2) is 5.12. The molecule has 5 nitrogen and oxygen atoms in total. The molecule has 0 atom stereocenters. The fourth-order valence-electron chi connectivity index (χ4n) is 2.11. The SMILES string of the molecule is O=C(c1cc(F)ccc1[N+](=O)[O-])N1CCCCC1. The highest BCUT2D eigenvalue weighted by molar-refractivity contribution is 5.98. The molecule has 0 unspecified atom stereocenters. The second-order valence-corrected chi connectivity index (χ2v) is 4.27. The van der Waals surface area contributed by atoms with E-state index < -0.39 is 16.6 Å². The maximum atomic E-state index is 13.1. The van der Waals surface area contributed by atoms with Gasteiger partial charge in [0.05, 0.1) is 4.92 Å². The van der Waals surface area contributed by atoms with E-state index in [4.69, 9.17) is 0 Å². The highest BCUT2D eigenvalue weighted by atomic mass is 19.1. The standard InChI is InChI=1S/C12H13FN2O3/c13-9-4-5-11(15(17)18)10(8-9)12(16)14-6-2-1-3-7-14/h4-5,8H,1-3,6-7H2. The van der Waals surface area contributed by atoms with Crippen LogP contribution in [0.1, 0.15) is 29.6 Å². The molecule has 0 aliphatic carbocycles. The zero-order chi connectivity index (χ0) is 13.1. The molecule has 0 bridgehead atoms. The average Bonchev–Trinajstić information content (AvgIpc) is 2.38. The molecule has 1 amide bonds. The molecule has 1 fully saturated rings. The first-order valence-electron chi connectivity index (χ1n) is 5.83. The third-order valence-electron chi connectivity index (χ3n) is 3.03. The molecule has 1 aromatic rings. The molecule has 1 aromatic carbocycles. The van der Waals surface area contributed by atoms with Crippen molar-refractivity contribution in [2.45, 2.75) is 19.3 Å². The predicted octanol–water partition coefficient (Wildman–Crippen LogP) is 2.36. The lowest BCUT2D eigenvalue weighted by Gasteiger charge is -2.26. The number of carbonyl (C=O) groups is 1. The Morgan fingerprint density at radius 3 is 2.56 bits per heavy atom. The van der Waals surface area contributed by atoms with Gasteiger partial charge in [0.25, 0.3) is 11.6 Å². The molecule has 6 heteroatoms. The normalized spacial score (nSPS) is 15.5. The van der Waals surface area contributed by atoms with Crippen molar-refractivity contribution in [3.05, 3.63) is 39.7 Å². The van der Waals surface area contributed by atoms with Crippen molar-refractivity contribution in [3.63, 3.8) is 0 Å². The predicted molar refractivity (Wildman–Crippen MR) is 62.8 cm³/mol. The molecule has 1 saturated heterocycles. The minimum absolute atomic E-state index is 0.165. The van der Waals surface area contributed by atoms with Gasteiger partial charge in [-0.15, -0.1) is 0 Å². The summed E-state index contributed by atoms with van der Waals surface area (Å²) in [5.74, 6) is -1.10. The molecule has 0 spiro atoms. The number of hydrogen-bond acceptors (Lipinski definition) is 3. The first-order chi connectivity index (χ1) is 8.59. The van der Waals surface area contributed by atoms with E-state index >= 15 is 0 Å². The van der Waals surface area contributed by atoms with Crippen LogP contribution in [0, 0.1) is 15.9 Å². The topological polar surface area (TPSA) is 63.4 Å². The summed E-state index contributed by atoms with van der Waals surface area (Å²) in [6, 6.07) is 2.96. The van der Waals surface area contributed by atoms with Crippen LogP contribution < -0.4 is 0 Å². The number of halogens is 1. The molecule has 2 rings (SSSR count). The largest absolute Gasteiger partial charge is 0.338 e. The molecule has 0 radical (unpaired) electrons. The molecule has 1 heterocycles. The Morgan fingerprint density at radius 2 is 1.94 bits per heavy atom. The zero-order valence-electron chi connectivity index (χ0n) is 9.76. The van der Waals surface area contributed by atoms with Crippen LogP contribution in [0.5, 0.6) is 0 Å². The van der Waals surface area contributed by atoms with Crippen molar-refractivity contribution in [3.8, 4) is 0 Å². The highest BCUT2D eigenvalue weighted by Gasteiger charge is 2.26. The van der Waals surface area contributed by atoms with E-state index in [-0.39, 0.29) is 11.3 Å². The van der Waals surface area contributed by atoms with Crippen LogP contribution in [-0.2, 0) is 0 Å². The van der Waals surface area contributed by atoms with Gasteiger partial charge in [-0.3, -0.25) is 14.9 Å². The van der Waals surface area contributed by atoms with Crippen molar-refractivity contribution in [1.82, 2.24) is 4.90 Å². The Hall–Kier alpha value is -1.98. The summed E-state index contributed by atoms with van der Waals surface area (Å²) in [6.45, 7) is 1.15. The first-order valence-corrected chi connectivity index (χ1v) is 5.83. The quantitative estimate of drug-likeness (QED) is 0.599. The van der Waals surface area contributed by atoms with Crippen LogP contribution in [0.15, 0.2) is 18.2 Å². The molecular formula is C12H13FN2O3. The maximum absolute atomic E-state index is 13.1. The van der Waals surface area contributed by atoms with Gasteiger partial charge in [0.15, 0.2) is 0 Å². The van der Waals surface area contributed by atoms with E-state index in [1.54, 1.807) is 4.90 Å². The molecule has 0 aromatic heterocycles. The van der Waals surface area contributed by atoms with E-state index in [0.29, 0.717) is 13.1 Å². The van der Waals surface area contributed by atoms with Gasteiger partial charge in [0.2, 0.25) is 0 Å². The summed E-state index contributed by atoms with van der Waals surface area (Å²) >= 11 is 0. The van der Waals surface area contributed by atoms with Crippen molar-refractivity contribution >= 4 is 11.6 Å². The van der Waals surface area contributed by atoms with E-state index in [2.05, 4.69) is 0 Å². The lowest BCUT2D eigenvalue weighted by atomic mass is 10.1. The van der Waals surface area contributed by atoms with Crippen molar-refractivity contribution in [1.29, 1.82) is 0 Å². The number of hydrogen-bond donors (Lipinski definition) is 0. The summed E-state index contributed by atoms with van der Waals surface area (Å²) in [5, 5.41) is 10.8. The van der Waals surface area contributed by atoms with Gasteiger partial charge in [0.1, 0.15) is 11.4 Å². The summed E-state index contributed by atoms with van der Waals surface area (Å²) in [5.41, 5.74) is -0.506. The van der Waals surface area contributed by atoms with Gasteiger partial charge in [-0.1, -0.05) is 0 Å². The highest BCUT2D eigenvalue weighted by Crippen LogP contribution is 2.22. The molecular weight excluding hydrogens is 239 g/mol. The Bertz CT molecular complexity index is 484. The molecule has 1 aliphatic heterocycles. The smallest absolute Gasteiger partial charge is 0.282 e. The van der Waals surface area contributed by atoms with Gasteiger partial charge in [-0.05, 0) is 31.4 Å². The van der Waals surface area contributed by atoms with Crippen molar-refractivity contribution < 1.29 is 14.1 Å². The molecule has 0 saturated carbocycles. The van der Waals surface area contributed by atoms with Crippen LogP contribution in [0.3, 0.4) is 0 Å². The van der Waals surface area contributed by atoms with Crippen LogP contribution in [0.25, 0.3) is 0 Å². The van der Waals surface area contributed by atoms with E-state index in [9.17, 15) is 19.3 Å². The summed E-state index contributed by atoms with van der Waals surface area (Å²) < 4.78 is 13.1. The fraction of sp³-hybridized carbons (Fsp3) is 0.417. The minimum Gasteiger partial charge on any atom is -0.338 e. The minimum atomic E-state index is -0.656. The lowest BCUT2D eigenvalue weighted by molar-refractivity contribution is -0.385. The monoisotopic (exact) mass is 252 g/mol. The van der Waals surface area contributed by atoms with Gasteiger partial charge in [-0.25, -0.2) is 4.39 Å². The summed E-state index contributed by atoms with van der Waals surface area (Å²) in [7, 11) is 0. The molecule has 1 aliphatic rings. The number of nitro groups is 1. The number of rotatable bonds is 2. The Balaban J connectivity index is 2.33. The van der Waals surface area contributed by atoms with Gasteiger partial charge >= 0.3 is 0 Å². The van der Waals surface area contributed by atoms with E-state index in [1.165, 1.54) is 0 Å². The Labute approximate surface area is 103 Å². The number of carbonyl (C=O) groups excluding carboxylic acids is 1. The molecule has 0 N–H and O–H groups in total. The Kier molecular flexibility index (Phi) is 3.55. The number of amides is 1. The summed E-state index contributed by atoms with van der Waals surface area (Å²) in [6.07, 6.45) is 2.82. The van der Waals surface area contributed by atoms with Crippen molar-refractivity contribution in [2.24, 2.45) is 0 Å². The zero-order valence-corrected chi connectivity index (χ0v) is 9.76. The summed E-state index contributed by atoms with van der Waals surface area (Å²) in [4.78, 5) is 23.9.